The summed E-state index contributed by atoms with van der Waals surface area (Å²) < 4.78 is 21.5. The molecule has 2 N–H and O–H groups in total. The molecule has 3 fully saturated rings. The van der Waals surface area contributed by atoms with Gasteiger partial charge in [0.25, 0.3) is 5.91 Å². The summed E-state index contributed by atoms with van der Waals surface area (Å²) in [5.41, 5.74) is 2.55. The fourth-order valence-electron chi connectivity index (χ4n) is 7.13. The Labute approximate surface area is 227 Å². The molecule has 3 aliphatic rings. The highest BCUT2D eigenvalue weighted by Crippen LogP contribution is 2.47. The van der Waals surface area contributed by atoms with E-state index in [1.54, 1.807) is 13.1 Å². The van der Waals surface area contributed by atoms with E-state index in [1.165, 1.54) is 0 Å². The van der Waals surface area contributed by atoms with Gasteiger partial charge >= 0.3 is 0 Å². The van der Waals surface area contributed by atoms with E-state index in [1.807, 2.05) is 35.2 Å². The number of ether oxygens (including phenoxy) is 1. The highest BCUT2D eigenvalue weighted by molar-refractivity contribution is 6.72. The van der Waals surface area contributed by atoms with Crippen molar-refractivity contribution in [2.24, 2.45) is 5.92 Å². The third kappa shape index (κ3) is 5.16. The van der Waals surface area contributed by atoms with Gasteiger partial charge in [0, 0.05) is 23.5 Å². The van der Waals surface area contributed by atoms with Crippen LogP contribution in [-0.2, 0) is 16.0 Å². The van der Waals surface area contributed by atoms with Crippen molar-refractivity contribution < 1.29 is 18.7 Å². The van der Waals surface area contributed by atoms with Crippen molar-refractivity contribution in [2.75, 3.05) is 36.2 Å². The van der Waals surface area contributed by atoms with Gasteiger partial charge in [-0.15, -0.1) is 0 Å². The minimum atomic E-state index is -2.92. The van der Waals surface area contributed by atoms with Gasteiger partial charge in [0.15, 0.2) is 0 Å². The Morgan fingerprint density at radius 1 is 1.05 bits per heavy atom. The Bertz CT molecular complexity index is 1110. The second kappa shape index (κ2) is 11.1. The van der Waals surface area contributed by atoms with Crippen LogP contribution in [0.5, 0.6) is 0 Å². The first-order valence-electron chi connectivity index (χ1n) is 14.1. The average molecular weight is 540 g/mol. The molecule has 1 amide bonds. The molecule has 3 heterocycles. The Morgan fingerprint density at radius 2 is 1.76 bits per heavy atom. The van der Waals surface area contributed by atoms with Gasteiger partial charge in [-0.2, -0.15) is 0 Å². The first-order valence-corrected chi connectivity index (χ1v) is 17.1. The van der Waals surface area contributed by atoms with Crippen molar-refractivity contribution >= 4 is 25.7 Å². The molecule has 8 heteroatoms. The third-order valence-electron chi connectivity index (χ3n) is 8.99. The molecule has 0 unspecified atom stereocenters. The zero-order valence-electron chi connectivity index (χ0n) is 22.9. The number of piperidine rings is 1. The van der Waals surface area contributed by atoms with Crippen LogP contribution in [0.15, 0.2) is 54.6 Å². The number of nitrogens with one attached hydrogen (secondary N) is 1. The molecule has 0 bridgehead atoms. The lowest BCUT2D eigenvalue weighted by Gasteiger charge is -2.39. The topological polar surface area (TPSA) is 65.0 Å². The van der Waals surface area contributed by atoms with E-state index < -0.39 is 13.9 Å². The molecule has 0 aromatic heterocycles. The van der Waals surface area contributed by atoms with E-state index in [-0.39, 0.29) is 36.2 Å². The zero-order valence-corrected chi connectivity index (χ0v) is 23.9. The standard InChI is InChI=1S/C30H42FN3O3Si/c1-22-26(37-27(14-19-35)28(22)38(2,3)31)13-12-23-8-7-11-25(20-23)33-21-34(24-9-5-4-6-10-24)30(29(33)36)15-17-32-18-16-30/h4-11,20,22,26-28,32,35H,12-19,21H2,1-3H3/t22-,26+,27-,28+/m0/s1. The summed E-state index contributed by atoms with van der Waals surface area (Å²) in [6.07, 6.45) is 3.44. The summed E-state index contributed by atoms with van der Waals surface area (Å²) in [6.45, 7) is 7.85. The van der Waals surface area contributed by atoms with E-state index in [2.05, 4.69) is 41.4 Å². The van der Waals surface area contributed by atoms with Crippen molar-refractivity contribution in [3.63, 3.8) is 0 Å². The van der Waals surface area contributed by atoms with Gasteiger partial charge in [0.2, 0.25) is 8.41 Å². The number of hydrogen-bond acceptors (Lipinski definition) is 5. The molecule has 2 aromatic carbocycles. The number of aryl methyl sites for hydroxylation is 1. The lowest BCUT2D eigenvalue weighted by atomic mass is 9.86. The molecule has 5 rings (SSSR count). The van der Waals surface area contributed by atoms with Crippen molar-refractivity contribution in [3.8, 4) is 0 Å². The maximum absolute atomic E-state index is 15.2. The van der Waals surface area contributed by atoms with Gasteiger partial charge in [-0.25, -0.2) is 0 Å². The molecular formula is C30H42FN3O3Si. The number of nitrogens with zero attached hydrogens (tertiary/aromatic N) is 2. The molecule has 4 atom stereocenters. The number of para-hydroxylation sites is 1. The number of aliphatic hydroxyl groups excluding tert-OH is 1. The highest BCUT2D eigenvalue weighted by atomic mass is 28.4. The number of carbonyl (C=O) groups excluding carboxylic acids is 1. The van der Waals surface area contributed by atoms with Crippen molar-refractivity contribution in [2.45, 2.75) is 75.4 Å². The summed E-state index contributed by atoms with van der Waals surface area (Å²) in [6, 6.07) is 18.6. The van der Waals surface area contributed by atoms with Crippen LogP contribution >= 0.6 is 0 Å². The summed E-state index contributed by atoms with van der Waals surface area (Å²) >= 11 is 0. The molecule has 3 aliphatic heterocycles. The zero-order chi connectivity index (χ0) is 26.9. The van der Waals surface area contributed by atoms with E-state index >= 15 is 4.11 Å². The first-order chi connectivity index (χ1) is 18.2. The monoisotopic (exact) mass is 539 g/mol. The van der Waals surface area contributed by atoms with Crippen LogP contribution < -0.4 is 15.1 Å². The predicted octanol–water partition coefficient (Wildman–Crippen LogP) is 4.88. The van der Waals surface area contributed by atoms with Crippen LogP contribution in [0.1, 0.15) is 38.2 Å². The van der Waals surface area contributed by atoms with Gasteiger partial charge in [-0.1, -0.05) is 37.3 Å². The Kier molecular flexibility index (Phi) is 7.96. The van der Waals surface area contributed by atoms with Crippen molar-refractivity contribution in [1.82, 2.24) is 5.32 Å². The minimum absolute atomic E-state index is 0.0224. The number of hydrogen-bond donors (Lipinski definition) is 2. The van der Waals surface area contributed by atoms with Gasteiger partial charge in [0.1, 0.15) is 5.54 Å². The summed E-state index contributed by atoms with van der Waals surface area (Å²) in [7, 11) is -2.92. The Hall–Kier alpha value is -2.26. The normalized spacial score (nSPS) is 27.4. The van der Waals surface area contributed by atoms with Crippen molar-refractivity contribution in [1.29, 1.82) is 0 Å². The number of amides is 1. The molecule has 2 aromatic rings. The average Bonchev–Trinajstić information content (AvgIpc) is 3.37. The largest absolute Gasteiger partial charge is 0.396 e. The second-order valence-electron chi connectivity index (χ2n) is 11.8. The van der Waals surface area contributed by atoms with Crippen LogP contribution in [0.2, 0.25) is 18.6 Å². The molecule has 0 radical (unpaired) electrons. The van der Waals surface area contributed by atoms with Crippen LogP contribution in [-0.4, -0.2) is 63.5 Å². The quantitative estimate of drug-likeness (QED) is 0.370. The summed E-state index contributed by atoms with van der Waals surface area (Å²) in [4.78, 5) is 18.2. The van der Waals surface area contributed by atoms with Crippen LogP contribution in [0.25, 0.3) is 0 Å². The fourth-order valence-corrected chi connectivity index (χ4v) is 9.73. The van der Waals surface area contributed by atoms with Crippen LogP contribution in [0, 0.1) is 5.92 Å². The number of carbonyl (C=O) groups is 1. The number of rotatable bonds is 8. The molecule has 6 nitrogen and oxygen atoms in total. The Morgan fingerprint density at radius 3 is 2.45 bits per heavy atom. The molecule has 3 saturated heterocycles. The van der Waals surface area contributed by atoms with Gasteiger partial charge in [-0.05, 0) is 94.0 Å². The Balaban J connectivity index is 1.33. The second-order valence-corrected chi connectivity index (χ2v) is 15.6. The van der Waals surface area contributed by atoms with Crippen LogP contribution in [0.3, 0.4) is 0 Å². The smallest absolute Gasteiger partial charge is 0.254 e. The predicted molar refractivity (Wildman–Crippen MR) is 153 cm³/mol. The molecule has 1 spiro atoms. The molecule has 38 heavy (non-hydrogen) atoms. The molecule has 0 saturated carbocycles. The van der Waals surface area contributed by atoms with Gasteiger partial charge in [-0.3, -0.25) is 9.69 Å². The number of halogens is 1. The first kappa shape index (κ1) is 27.3. The minimum Gasteiger partial charge on any atom is -0.396 e. The third-order valence-corrected chi connectivity index (χ3v) is 11.5. The van der Waals surface area contributed by atoms with Crippen LogP contribution in [0.4, 0.5) is 15.5 Å². The number of benzene rings is 2. The maximum atomic E-state index is 15.2. The maximum Gasteiger partial charge on any atom is 0.254 e. The van der Waals surface area contributed by atoms with Gasteiger partial charge in [0.05, 0.1) is 18.9 Å². The van der Waals surface area contributed by atoms with E-state index in [9.17, 15) is 9.90 Å². The number of anilines is 2. The van der Waals surface area contributed by atoms with E-state index in [0.717, 1.165) is 55.7 Å². The summed E-state index contributed by atoms with van der Waals surface area (Å²) in [5.74, 6) is 0.304. The SMILES string of the molecule is C[C@@H]1[C@@H]([Si](C)(C)F)[C@H](CCO)O[C@@H]1CCc1cccc(N2CN(c3ccccc3)C3(CCNCC3)C2=O)c1. The molecule has 0 aliphatic carbocycles. The number of aliphatic hydroxyl groups is 1. The van der Waals surface area contributed by atoms with Crippen molar-refractivity contribution in [3.05, 3.63) is 60.2 Å². The van der Waals surface area contributed by atoms with E-state index in [4.69, 9.17) is 4.74 Å². The highest BCUT2D eigenvalue weighted by Gasteiger charge is 2.53. The molecular weight excluding hydrogens is 497 g/mol. The lowest BCUT2D eigenvalue weighted by molar-refractivity contribution is -0.122. The summed E-state index contributed by atoms with van der Waals surface area (Å²) in [5, 5.41) is 12.9. The lowest BCUT2D eigenvalue weighted by Crippen LogP contribution is -2.55. The van der Waals surface area contributed by atoms with E-state index in [0.29, 0.717) is 13.1 Å². The van der Waals surface area contributed by atoms with Gasteiger partial charge < -0.3 is 24.2 Å². The fraction of sp³-hybridized carbons (Fsp3) is 0.567. The molecule has 206 valence electrons.